The zero-order valence-corrected chi connectivity index (χ0v) is 9.29. The van der Waals surface area contributed by atoms with Crippen molar-refractivity contribution in [2.75, 3.05) is 5.75 Å². The Morgan fingerprint density at radius 3 is 2.42 bits per heavy atom. The van der Waals surface area contributed by atoms with Crippen LogP contribution in [0.5, 0.6) is 0 Å². The predicted octanol–water partition coefficient (Wildman–Crippen LogP) is 2.26. The number of hydrogen-bond acceptors (Lipinski definition) is 2. The molecule has 0 saturated carbocycles. The van der Waals surface area contributed by atoms with Crippen LogP contribution in [-0.4, -0.2) is 16.5 Å². The highest BCUT2D eigenvalue weighted by Gasteiger charge is 2.12. The zero-order chi connectivity index (χ0) is 9.61. The largest absolute Gasteiger partial charge is 0.326 e. The lowest BCUT2D eigenvalue weighted by Gasteiger charge is -2.19. The van der Waals surface area contributed by atoms with E-state index in [-0.39, 0.29) is 6.04 Å². The van der Waals surface area contributed by atoms with E-state index in [4.69, 9.17) is 5.73 Å². The number of rotatable bonds is 3. The van der Waals surface area contributed by atoms with Gasteiger partial charge in [-0.3, -0.25) is 0 Å². The number of hydrogen-bond donors (Lipinski definition) is 1. The molecule has 0 spiro atoms. The zero-order valence-electron chi connectivity index (χ0n) is 8.48. The number of nitrogens with two attached hydrogens (primary N) is 1. The minimum Gasteiger partial charge on any atom is -0.326 e. The highest BCUT2D eigenvalue weighted by atomic mass is 32.2. The average Bonchev–Trinajstić information content (AvgIpc) is 1.95. The molecule has 0 fully saturated rings. The second-order valence-corrected chi connectivity index (χ2v) is 5.66. The maximum atomic E-state index is 5.84. The Labute approximate surface area is 80.5 Å². The summed E-state index contributed by atoms with van der Waals surface area (Å²) in [6, 6.07) is 0.224. The van der Waals surface area contributed by atoms with E-state index in [9.17, 15) is 0 Å². The van der Waals surface area contributed by atoms with Crippen LogP contribution >= 0.6 is 11.8 Å². The lowest BCUT2D eigenvalue weighted by atomic mass is 10.2. The fraction of sp³-hybridized carbons (Fsp3) is 0.800. The summed E-state index contributed by atoms with van der Waals surface area (Å²) in [4.78, 5) is 0. The smallest absolute Gasteiger partial charge is 0.0249 e. The molecule has 2 heteroatoms. The topological polar surface area (TPSA) is 26.0 Å². The van der Waals surface area contributed by atoms with Crippen molar-refractivity contribution >= 4 is 11.8 Å². The predicted molar refractivity (Wildman–Crippen MR) is 58.3 cm³/mol. The highest BCUT2D eigenvalue weighted by molar-refractivity contribution is 8.00. The third-order valence-electron chi connectivity index (χ3n) is 1.27. The molecule has 0 aliphatic heterocycles. The molecule has 0 aliphatic rings. The molecule has 0 rings (SSSR count). The third-order valence-corrected chi connectivity index (χ3v) is 2.73. The molecule has 0 radical (unpaired) electrons. The normalized spacial score (nSPS) is 13.4. The van der Waals surface area contributed by atoms with Crippen LogP contribution in [0.2, 0.25) is 0 Å². The van der Waals surface area contributed by atoms with Gasteiger partial charge in [-0.25, -0.2) is 0 Å². The maximum Gasteiger partial charge on any atom is 0.0249 e. The second-order valence-electron chi connectivity index (χ2n) is 3.81. The van der Waals surface area contributed by atoms with Gasteiger partial charge in [-0.2, -0.15) is 11.8 Å². The van der Waals surface area contributed by atoms with E-state index in [0.29, 0.717) is 4.75 Å². The molecule has 0 heterocycles. The summed E-state index contributed by atoms with van der Waals surface area (Å²) in [6.07, 6.45) is 0.819. The Morgan fingerprint density at radius 1 is 1.42 bits per heavy atom. The van der Waals surface area contributed by atoms with Gasteiger partial charge < -0.3 is 5.73 Å². The summed E-state index contributed by atoms with van der Waals surface area (Å²) in [6.45, 7) is 8.46. The van der Waals surface area contributed by atoms with Gasteiger partial charge in [-0.1, -0.05) is 20.8 Å². The first-order chi connectivity index (χ1) is 5.45. The SMILES string of the molecule is CC#CCC(N)CSC(C)(C)C. The monoisotopic (exact) mass is 185 g/mol. The van der Waals surface area contributed by atoms with Crippen molar-refractivity contribution in [1.82, 2.24) is 0 Å². The van der Waals surface area contributed by atoms with Crippen LogP contribution < -0.4 is 5.73 Å². The van der Waals surface area contributed by atoms with E-state index < -0.39 is 0 Å². The van der Waals surface area contributed by atoms with Crippen molar-refractivity contribution in [1.29, 1.82) is 0 Å². The van der Waals surface area contributed by atoms with Gasteiger partial charge in [0.1, 0.15) is 0 Å². The van der Waals surface area contributed by atoms with Crippen molar-refractivity contribution in [3.8, 4) is 11.8 Å². The van der Waals surface area contributed by atoms with Crippen molar-refractivity contribution in [3.63, 3.8) is 0 Å². The first-order valence-electron chi connectivity index (χ1n) is 4.25. The van der Waals surface area contributed by atoms with Gasteiger partial charge in [0.25, 0.3) is 0 Å². The van der Waals surface area contributed by atoms with E-state index in [1.807, 2.05) is 18.7 Å². The van der Waals surface area contributed by atoms with Crippen LogP contribution in [0, 0.1) is 11.8 Å². The molecule has 0 aromatic rings. The minimum absolute atomic E-state index is 0.224. The molecule has 70 valence electrons. The van der Waals surface area contributed by atoms with Gasteiger partial charge in [0, 0.05) is 23.0 Å². The van der Waals surface area contributed by atoms with Crippen LogP contribution in [0.3, 0.4) is 0 Å². The molecule has 0 bridgehead atoms. The molecule has 1 atom stereocenters. The van der Waals surface area contributed by atoms with Crippen LogP contribution in [0.1, 0.15) is 34.1 Å². The summed E-state index contributed by atoms with van der Waals surface area (Å²) < 4.78 is 0.317. The lowest BCUT2D eigenvalue weighted by Crippen LogP contribution is -2.25. The van der Waals surface area contributed by atoms with Crippen LogP contribution in [0.15, 0.2) is 0 Å². The standard InChI is InChI=1S/C10H19NS/c1-5-6-7-9(11)8-12-10(2,3)4/h9H,7-8,11H2,1-4H3. The van der Waals surface area contributed by atoms with Crippen molar-refractivity contribution in [2.24, 2.45) is 5.73 Å². The Balaban J connectivity index is 3.55. The molecule has 12 heavy (non-hydrogen) atoms. The number of thioether (sulfide) groups is 1. The molecule has 0 aromatic carbocycles. The second kappa shape index (κ2) is 5.50. The van der Waals surface area contributed by atoms with Gasteiger partial charge in [0.2, 0.25) is 0 Å². The summed E-state index contributed by atoms with van der Waals surface area (Å²) >= 11 is 1.90. The summed E-state index contributed by atoms with van der Waals surface area (Å²) in [7, 11) is 0. The lowest BCUT2D eigenvalue weighted by molar-refractivity contribution is 0.757. The molecule has 0 saturated heterocycles. The van der Waals surface area contributed by atoms with Gasteiger partial charge in [-0.05, 0) is 6.92 Å². The van der Waals surface area contributed by atoms with Gasteiger partial charge in [0.15, 0.2) is 0 Å². The average molecular weight is 185 g/mol. The molecular formula is C10H19NS. The van der Waals surface area contributed by atoms with Crippen molar-refractivity contribution in [3.05, 3.63) is 0 Å². The summed E-state index contributed by atoms with van der Waals surface area (Å²) in [5.41, 5.74) is 5.84. The molecule has 0 aliphatic carbocycles. The van der Waals surface area contributed by atoms with Gasteiger partial charge >= 0.3 is 0 Å². The Bertz CT molecular complexity index is 171. The van der Waals surface area contributed by atoms with Crippen LogP contribution in [0.25, 0.3) is 0 Å². The first kappa shape index (κ1) is 11.9. The maximum absolute atomic E-state index is 5.84. The molecule has 1 unspecified atom stereocenters. The fourth-order valence-corrected chi connectivity index (χ4v) is 1.48. The highest BCUT2D eigenvalue weighted by Crippen LogP contribution is 2.23. The van der Waals surface area contributed by atoms with Crippen LogP contribution in [-0.2, 0) is 0 Å². The molecule has 0 aromatic heterocycles. The fourth-order valence-electron chi connectivity index (χ4n) is 0.649. The molecular weight excluding hydrogens is 166 g/mol. The third kappa shape index (κ3) is 7.97. The van der Waals surface area contributed by atoms with E-state index in [0.717, 1.165) is 12.2 Å². The summed E-state index contributed by atoms with van der Waals surface area (Å²) in [5.74, 6) is 6.85. The van der Waals surface area contributed by atoms with E-state index in [2.05, 4.69) is 32.6 Å². The first-order valence-corrected chi connectivity index (χ1v) is 5.23. The summed E-state index contributed by atoms with van der Waals surface area (Å²) in [5, 5.41) is 0. The van der Waals surface area contributed by atoms with E-state index in [1.54, 1.807) is 0 Å². The van der Waals surface area contributed by atoms with Gasteiger partial charge in [0.05, 0.1) is 0 Å². The Morgan fingerprint density at radius 2 is 2.00 bits per heavy atom. The van der Waals surface area contributed by atoms with Crippen molar-refractivity contribution in [2.45, 2.75) is 44.9 Å². The Kier molecular flexibility index (Phi) is 5.44. The molecule has 2 N–H and O–H groups in total. The van der Waals surface area contributed by atoms with E-state index >= 15 is 0 Å². The van der Waals surface area contributed by atoms with E-state index in [1.165, 1.54) is 0 Å². The molecule has 1 nitrogen and oxygen atoms in total. The van der Waals surface area contributed by atoms with Crippen molar-refractivity contribution < 1.29 is 0 Å². The minimum atomic E-state index is 0.224. The van der Waals surface area contributed by atoms with Crippen LogP contribution in [0.4, 0.5) is 0 Å². The Hall–Kier alpha value is -0.130. The molecule has 0 amide bonds. The van der Waals surface area contributed by atoms with Gasteiger partial charge in [-0.15, -0.1) is 11.8 Å². The quantitative estimate of drug-likeness (QED) is 0.683.